The van der Waals surface area contributed by atoms with Crippen molar-refractivity contribution in [2.24, 2.45) is 17.3 Å². The van der Waals surface area contributed by atoms with Gasteiger partial charge in [0.2, 0.25) is 0 Å². The molecule has 0 aromatic rings. The smallest absolute Gasteiger partial charge is 0.00165 e. The summed E-state index contributed by atoms with van der Waals surface area (Å²) in [6, 6.07) is 0. The van der Waals surface area contributed by atoms with Gasteiger partial charge in [0.1, 0.15) is 0 Å². The third-order valence-corrected chi connectivity index (χ3v) is 5.85. The first kappa shape index (κ1) is 11.1. The predicted octanol–water partition coefficient (Wildman–Crippen LogP) is 3.69. The van der Waals surface area contributed by atoms with Crippen molar-refractivity contribution in [1.29, 1.82) is 0 Å². The van der Waals surface area contributed by atoms with E-state index in [0.29, 0.717) is 0 Å². The highest BCUT2D eigenvalue weighted by Gasteiger charge is 2.42. The van der Waals surface area contributed by atoms with Gasteiger partial charge < -0.3 is 4.90 Å². The van der Waals surface area contributed by atoms with E-state index in [0.717, 1.165) is 17.3 Å². The molecule has 3 rings (SSSR count). The number of hydrogen-bond donors (Lipinski definition) is 0. The maximum Gasteiger partial charge on any atom is -0.00165 e. The van der Waals surface area contributed by atoms with Crippen LogP contribution in [0.3, 0.4) is 0 Å². The second-order valence-corrected chi connectivity index (χ2v) is 6.85. The van der Waals surface area contributed by atoms with Crippen molar-refractivity contribution in [2.45, 2.75) is 57.8 Å². The molecule has 0 aromatic heterocycles. The zero-order valence-corrected chi connectivity index (χ0v) is 10.9. The Morgan fingerprint density at radius 2 is 1.56 bits per heavy atom. The summed E-state index contributed by atoms with van der Waals surface area (Å²) >= 11 is 0. The van der Waals surface area contributed by atoms with Gasteiger partial charge in [0.25, 0.3) is 0 Å². The van der Waals surface area contributed by atoms with Crippen LogP contribution in [0.2, 0.25) is 0 Å². The third-order valence-electron chi connectivity index (χ3n) is 5.85. The number of likely N-dealkylation sites (tertiary alicyclic amines) is 1. The lowest BCUT2D eigenvalue weighted by molar-refractivity contribution is 0.0121. The minimum atomic E-state index is 0.783. The molecule has 1 spiro atoms. The number of rotatable bonds is 0. The minimum absolute atomic E-state index is 0.783. The largest absolute Gasteiger partial charge is 0.306 e. The van der Waals surface area contributed by atoms with Crippen LogP contribution in [0, 0.1) is 17.3 Å². The van der Waals surface area contributed by atoms with E-state index in [2.05, 4.69) is 11.9 Å². The molecule has 1 aliphatic heterocycles. The molecule has 1 heteroatoms. The van der Waals surface area contributed by atoms with E-state index in [1.54, 1.807) is 32.1 Å². The van der Waals surface area contributed by atoms with Crippen molar-refractivity contribution in [2.75, 3.05) is 20.1 Å². The maximum atomic E-state index is 2.53. The molecule has 0 radical (unpaired) electrons. The predicted molar refractivity (Wildman–Crippen MR) is 68.5 cm³/mol. The quantitative estimate of drug-likeness (QED) is 0.603. The first-order valence-corrected chi connectivity index (χ1v) is 7.46. The minimum Gasteiger partial charge on any atom is -0.306 e. The van der Waals surface area contributed by atoms with Crippen molar-refractivity contribution in [3.63, 3.8) is 0 Å². The molecular formula is C15H27N. The van der Waals surface area contributed by atoms with Gasteiger partial charge in [-0.05, 0) is 69.5 Å². The molecule has 16 heavy (non-hydrogen) atoms. The number of nitrogens with zero attached hydrogens (tertiary/aromatic N) is 1. The molecule has 1 nitrogen and oxygen atoms in total. The van der Waals surface area contributed by atoms with E-state index in [1.807, 2.05) is 0 Å². The highest BCUT2D eigenvalue weighted by Crippen LogP contribution is 2.52. The first-order valence-electron chi connectivity index (χ1n) is 7.46. The second kappa shape index (κ2) is 4.33. The van der Waals surface area contributed by atoms with E-state index in [-0.39, 0.29) is 0 Å². The highest BCUT2D eigenvalue weighted by molar-refractivity contribution is 4.94. The Balaban J connectivity index is 1.65. The van der Waals surface area contributed by atoms with Crippen molar-refractivity contribution in [3.8, 4) is 0 Å². The summed E-state index contributed by atoms with van der Waals surface area (Å²) in [7, 11) is 2.29. The van der Waals surface area contributed by atoms with Gasteiger partial charge in [-0.15, -0.1) is 0 Å². The SMILES string of the molecule is CN1CCC2(CC[C@@H]3CCCC[C@@H]3C2)CC1. The molecule has 3 aliphatic rings. The zero-order chi connectivity index (χ0) is 11.0. The molecule has 2 saturated carbocycles. The molecule has 92 valence electrons. The van der Waals surface area contributed by atoms with Crippen LogP contribution in [0.4, 0.5) is 0 Å². The monoisotopic (exact) mass is 221 g/mol. The Morgan fingerprint density at radius 1 is 0.875 bits per heavy atom. The topological polar surface area (TPSA) is 3.24 Å². The average Bonchev–Trinajstić information content (AvgIpc) is 2.33. The molecule has 2 aliphatic carbocycles. The average molecular weight is 221 g/mol. The first-order chi connectivity index (χ1) is 7.77. The van der Waals surface area contributed by atoms with Gasteiger partial charge in [-0.1, -0.05) is 25.7 Å². The molecule has 1 saturated heterocycles. The summed E-state index contributed by atoms with van der Waals surface area (Å²) in [5.41, 5.74) is 0.783. The van der Waals surface area contributed by atoms with Crippen LogP contribution in [0.15, 0.2) is 0 Å². The fraction of sp³-hybridized carbons (Fsp3) is 1.00. The summed E-state index contributed by atoms with van der Waals surface area (Å²) < 4.78 is 0. The summed E-state index contributed by atoms with van der Waals surface area (Å²) in [5, 5.41) is 0. The van der Waals surface area contributed by atoms with Gasteiger partial charge in [-0.25, -0.2) is 0 Å². The van der Waals surface area contributed by atoms with Crippen LogP contribution >= 0.6 is 0 Å². The van der Waals surface area contributed by atoms with Gasteiger partial charge >= 0.3 is 0 Å². The Kier molecular flexibility index (Phi) is 2.99. The standard InChI is InChI=1S/C15H27N/c1-16-10-8-15(9-11-16)7-6-13-4-2-3-5-14(13)12-15/h13-14H,2-12H2,1H3/t13-,14+/m0/s1. The van der Waals surface area contributed by atoms with E-state index < -0.39 is 0 Å². The van der Waals surface area contributed by atoms with Gasteiger partial charge in [0.15, 0.2) is 0 Å². The van der Waals surface area contributed by atoms with E-state index >= 15 is 0 Å². The van der Waals surface area contributed by atoms with Crippen molar-refractivity contribution in [1.82, 2.24) is 4.90 Å². The number of hydrogen-bond acceptors (Lipinski definition) is 1. The fourth-order valence-electron chi connectivity index (χ4n) is 4.63. The molecule has 0 unspecified atom stereocenters. The van der Waals surface area contributed by atoms with E-state index in [4.69, 9.17) is 0 Å². The van der Waals surface area contributed by atoms with E-state index in [9.17, 15) is 0 Å². The maximum absolute atomic E-state index is 2.53. The molecule has 2 atom stereocenters. The van der Waals surface area contributed by atoms with Crippen LogP contribution in [0.5, 0.6) is 0 Å². The Labute approximate surface area is 101 Å². The summed E-state index contributed by atoms with van der Waals surface area (Å²) in [5.74, 6) is 2.24. The van der Waals surface area contributed by atoms with Gasteiger partial charge in [0.05, 0.1) is 0 Å². The summed E-state index contributed by atoms with van der Waals surface area (Å²) in [6.07, 6.45) is 13.9. The van der Waals surface area contributed by atoms with Crippen LogP contribution in [0.1, 0.15) is 57.8 Å². The zero-order valence-electron chi connectivity index (χ0n) is 10.9. The van der Waals surface area contributed by atoms with Crippen molar-refractivity contribution >= 4 is 0 Å². The molecule has 1 heterocycles. The van der Waals surface area contributed by atoms with Crippen LogP contribution in [0.25, 0.3) is 0 Å². The number of fused-ring (bicyclic) bond motifs is 1. The molecular weight excluding hydrogens is 194 g/mol. The van der Waals surface area contributed by atoms with Crippen molar-refractivity contribution < 1.29 is 0 Å². The second-order valence-electron chi connectivity index (χ2n) is 6.85. The van der Waals surface area contributed by atoms with Crippen molar-refractivity contribution in [3.05, 3.63) is 0 Å². The lowest BCUT2D eigenvalue weighted by atomic mass is 9.58. The Bertz CT molecular complexity index is 240. The van der Waals surface area contributed by atoms with Gasteiger partial charge in [-0.2, -0.15) is 0 Å². The fourth-order valence-corrected chi connectivity index (χ4v) is 4.63. The lowest BCUT2D eigenvalue weighted by Gasteiger charge is -2.50. The van der Waals surface area contributed by atoms with Crippen LogP contribution < -0.4 is 0 Å². The number of piperidine rings is 1. The molecule has 0 bridgehead atoms. The van der Waals surface area contributed by atoms with Gasteiger partial charge in [0, 0.05) is 0 Å². The Hall–Kier alpha value is -0.0400. The molecule has 0 N–H and O–H groups in total. The van der Waals surface area contributed by atoms with E-state index in [1.165, 1.54) is 38.8 Å². The molecule has 3 fully saturated rings. The van der Waals surface area contributed by atoms with Crippen LogP contribution in [-0.2, 0) is 0 Å². The lowest BCUT2D eigenvalue weighted by Crippen LogP contribution is -2.43. The normalized spacial score (nSPS) is 39.6. The summed E-state index contributed by atoms with van der Waals surface area (Å²) in [6.45, 7) is 2.72. The molecule has 0 aromatic carbocycles. The molecule has 0 amide bonds. The Morgan fingerprint density at radius 3 is 2.31 bits per heavy atom. The van der Waals surface area contributed by atoms with Gasteiger partial charge in [-0.3, -0.25) is 0 Å². The highest BCUT2D eigenvalue weighted by atomic mass is 15.1. The summed E-state index contributed by atoms with van der Waals surface area (Å²) in [4.78, 5) is 2.53. The third kappa shape index (κ3) is 2.03. The van der Waals surface area contributed by atoms with Crippen LogP contribution in [-0.4, -0.2) is 25.0 Å².